The van der Waals surface area contributed by atoms with Crippen molar-refractivity contribution in [1.82, 2.24) is 15.6 Å². The lowest BCUT2D eigenvalue weighted by Crippen LogP contribution is -2.43. The van der Waals surface area contributed by atoms with Gasteiger partial charge in [0.2, 0.25) is 0 Å². The van der Waals surface area contributed by atoms with Crippen LogP contribution in [0.15, 0.2) is 24.5 Å². The maximum atomic E-state index is 5.36. The van der Waals surface area contributed by atoms with Crippen LogP contribution in [0.2, 0.25) is 0 Å². The Morgan fingerprint density at radius 3 is 3.00 bits per heavy atom. The van der Waals surface area contributed by atoms with Crippen LogP contribution in [-0.2, 0) is 6.54 Å². The van der Waals surface area contributed by atoms with Crippen LogP contribution in [0, 0.1) is 11.8 Å². The van der Waals surface area contributed by atoms with Gasteiger partial charge in [-0.25, -0.2) is 0 Å². The molecule has 2 bridgehead atoms. The first-order valence-corrected chi connectivity index (χ1v) is 7.15. The summed E-state index contributed by atoms with van der Waals surface area (Å²) in [4.78, 5) is 4.09. The number of aromatic nitrogens is 1. The molecular weight excluding hydrogens is 242 g/mol. The Balaban J connectivity index is 1.45. The van der Waals surface area contributed by atoms with Gasteiger partial charge >= 0.3 is 0 Å². The van der Waals surface area contributed by atoms with Crippen molar-refractivity contribution in [3.8, 4) is 0 Å². The Hall–Kier alpha value is -1.16. The van der Waals surface area contributed by atoms with Crippen LogP contribution >= 0.6 is 12.2 Å². The smallest absolute Gasteiger partial charge is 0.166 e. The van der Waals surface area contributed by atoms with Crippen molar-refractivity contribution >= 4 is 17.3 Å². The molecule has 96 valence electrons. The summed E-state index contributed by atoms with van der Waals surface area (Å²) in [5, 5.41) is 7.53. The van der Waals surface area contributed by atoms with Gasteiger partial charge < -0.3 is 10.6 Å². The topological polar surface area (TPSA) is 37.0 Å². The van der Waals surface area contributed by atoms with Crippen molar-refractivity contribution in [1.29, 1.82) is 0 Å². The van der Waals surface area contributed by atoms with Crippen molar-refractivity contribution in [3.63, 3.8) is 0 Å². The molecule has 2 fully saturated rings. The normalized spacial score (nSPS) is 29.2. The number of nitrogens with one attached hydrogen (secondary N) is 2. The number of fused-ring (bicyclic) bond motifs is 2. The fourth-order valence-electron chi connectivity index (χ4n) is 3.33. The average molecular weight is 261 g/mol. The molecular formula is C14H19N3S. The zero-order valence-corrected chi connectivity index (χ0v) is 11.2. The van der Waals surface area contributed by atoms with Gasteiger partial charge in [-0.2, -0.15) is 0 Å². The molecule has 2 aliphatic carbocycles. The fraction of sp³-hybridized carbons (Fsp3) is 0.571. The lowest BCUT2D eigenvalue weighted by molar-refractivity contribution is 0.389. The molecule has 1 aromatic rings. The molecule has 18 heavy (non-hydrogen) atoms. The highest BCUT2D eigenvalue weighted by molar-refractivity contribution is 7.80. The van der Waals surface area contributed by atoms with Crippen molar-refractivity contribution in [2.75, 3.05) is 0 Å². The second-order valence-electron chi connectivity index (χ2n) is 5.47. The number of hydrogen-bond donors (Lipinski definition) is 2. The SMILES string of the molecule is S=C(NCc1cccnc1)N[C@@H]1C[C@H]2CC[C@@H]1C2. The van der Waals surface area contributed by atoms with Crippen molar-refractivity contribution in [3.05, 3.63) is 30.1 Å². The molecule has 0 aliphatic heterocycles. The van der Waals surface area contributed by atoms with Gasteiger partial charge in [-0.1, -0.05) is 12.5 Å². The van der Waals surface area contributed by atoms with E-state index in [0.717, 1.165) is 29.1 Å². The Bertz CT molecular complexity index is 420. The molecule has 0 aromatic carbocycles. The summed E-state index contributed by atoms with van der Waals surface area (Å²) >= 11 is 5.36. The number of hydrogen-bond acceptors (Lipinski definition) is 2. The third kappa shape index (κ3) is 2.64. The summed E-state index contributed by atoms with van der Waals surface area (Å²) in [6.07, 6.45) is 9.18. The quantitative estimate of drug-likeness (QED) is 0.818. The van der Waals surface area contributed by atoms with Gasteiger partial charge in [-0.15, -0.1) is 0 Å². The first-order valence-electron chi connectivity index (χ1n) is 6.74. The summed E-state index contributed by atoms with van der Waals surface area (Å²) in [6, 6.07) is 4.61. The molecule has 0 amide bonds. The second kappa shape index (κ2) is 5.22. The van der Waals surface area contributed by atoms with Gasteiger partial charge in [0.1, 0.15) is 0 Å². The van der Waals surface area contributed by atoms with Gasteiger partial charge in [0.15, 0.2) is 5.11 Å². The monoisotopic (exact) mass is 261 g/mol. The van der Waals surface area contributed by atoms with Gasteiger partial charge in [0.05, 0.1) is 0 Å². The molecule has 0 unspecified atom stereocenters. The van der Waals surface area contributed by atoms with Gasteiger partial charge in [-0.05, 0) is 54.9 Å². The van der Waals surface area contributed by atoms with Crippen LogP contribution in [0.5, 0.6) is 0 Å². The van der Waals surface area contributed by atoms with Gasteiger partial charge in [0, 0.05) is 25.0 Å². The number of thiocarbonyl (C=S) groups is 1. The molecule has 1 aromatic heterocycles. The van der Waals surface area contributed by atoms with Crippen LogP contribution in [0.25, 0.3) is 0 Å². The Labute approximate surface area is 113 Å². The molecule has 0 saturated heterocycles. The summed E-state index contributed by atoms with van der Waals surface area (Å²) in [5.74, 6) is 1.81. The maximum Gasteiger partial charge on any atom is 0.166 e. The lowest BCUT2D eigenvalue weighted by Gasteiger charge is -2.24. The van der Waals surface area contributed by atoms with Crippen LogP contribution in [0.4, 0.5) is 0 Å². The van der Waals surface area contributed by atoms with Gasteiger partial charge in [-0.3, -0.25) is 4.98 Å². The van der Waals surface area contributed by atoms with E-state index < -0.39 is 0 Å². The fourth-order valence-corrected chi connectivity index (χ4v) is 3.55. The lowest BCUT2D eigenvalue weighted by atomic mass is 9.96. The van der Waals surface area contributed by atoms with Crippen LogP contribution in [0.3, 0.4) is 0 Å². The highest BCUT2D eigenvalue weighted by Gasteiger charge is 2.39. The van der Waals surface area contributed by atoms with E-state index in [2.05, 4.69) is 21.7 Å². The third-order valence-electron chi connectivity index (χ3n) is 4.23. The van der Waals surface area contributed by atoms with Gasteiger partial charge in [0.25, 0.3) is 0 Å². The molecule has 3 rings (SSSR count). The standard InChI is InChI=1S/C14H19N3S/c18-14(16-9-11-2-1-5-15-8-11)17-13-7-10-3-4-12(13)6-10/h1-2,5,8,10,12-13H,3-4,6-7,9H2,(H2,16,17,18)/t10-,12+,13+/m0/s1. The average Bonchev–Trinajstić information content (AvgIpc) is 3.00. The molecule has 3 atom stereocenters. The van der Waals surface area contributed by atoms with Crippen LogP contribution in [0.1, 0.15) is 31.2 Å². The Morgan fingerprint density at radius 1 is 1.39 bits per heavy atom. The Kier molecular flexibility index (Phi) is 3.46. The molecule has 2 N–H and O–H groups in total. The van der Waals surface area contributed by atoms with E-state index >= 15 is 0 Å². The van der Waals surface area contributed by atoms with Crippen LogP contribution in [-0.4, -0.2) is 16.1 Å². The molecule has 2 aliphatic rings. The third-order valence-corrected chi connectivity index (χ3v) is 4.49. The Morgan fingerprint density at radius 2 is 2.33 bits per heavy atom. The predicted molar refractivity (Wildman–Crippen MR) is 76.0 cm³/mol. The number of rotatable bonds is 3. The summed E-state index contributed by atoms with van der Waals surface area (Å²) in [5.41, 5.74) is 1.16. The largest absolute Gasteiger partial charge is 0.360 e. The maximum absolute atomic E-state index is 5.36. The van der Waals surface area contributed by atoms with E-state index in [9.17, 15) is 0 Å². The zero-order valence-electron chi connectivity index (χ0n) is 10.4. The van der Waals surface area contributed by atoms with E-state index in [1.807, 2.05) is 12.3 Å². The van der Waals surface area contributed by atoms with E-state index in [0.29, 0.717) is 6.04 Å². The second-order valence-corrected chi connectivity index (χ2v) is 5.88. The first kappa shape index (κ1) is 11.9. The zero-order chi connectivity index (χ0) is 12.4. The van der Waals surface area contributed by atoms with Crippen LogP contribution < -0.4 is 10.6 Å². The first-order chi connectivity index (χ1) is 8.81. The molecule has 3 nitrogen and oxygen atoms in total. The summed E-state index contributed by atoms with van der Waals surface area (Å²) in [6.45, 7) is 0.750. The predicted octanol–water partition coefficient (Wildman–Crippen LogP) is 2.23. The summed E-state index contributed by atoms with van der Waals surface area (Å²) in [7, 11) is 0. The molecule has 1 heterocycles. The number of pyridine rings is 1. The molecule has 0 radical (unpaired) electrons. The van der Waals surface area contributed by atoms with E-state index in [4.69, 9.17) is 12.2 Å². The van der Waals surface area contributed by atoms with E-state index in [1.54, 1.807) is 6.20 Å². The van der Waals surface area contributed by atoms with Crippen molar-refractivity contribution < 1.29 is 0 Å². The van der Waals surface area contributed by atoms with E-state index in [1.165, 1.54) is 25.7 Å². The highest BCUT2D eigenvalue weighted by Crippen LogP contribution is 2.44. The minimum absolute atomic E-state index is 0.609. The molecule has 4 heteroatoms. The van der Waals surface area contributed by atoms with E-state index in [-0.39, 0.29) is 0 Å². The minimum Gasteiger partial charge on any atom is -0.360 e. The van der Waals surface area contributed by atoms with Crippen molar-refractivity contribution in [2.45, 2.75) is 38.3 Å². The number of nitrogens with zero attached hydrogens (tertiary/aromatic N) is 1. The van der Waals surface area contributed by atoms with Crippen molar-refractivity contribution in [2.24, 2.45) is 11.8 Å². The molecule has 0 spiro atoms. The molecule has 2 saturated carbocycles. The summed E-state index contributed by atoms with van der Waals surface area (Å²) < 4.78 is 0. The highest BCUT2D eigenvalue weighted by atomic mass is 32.1. The minimum atomic E-state index is 0.609.